The van der Waals surface area contributed by atoms with Gasteiger partial charge in [-0.25, -0.2) is 0 Å². The molecule has 0 rings (SSSR count). The van der Waals surface area contributed by atoms with Crippen LogP contribution in [0.5, 0.6) is 0 Å². The molecule has 0 aliphatic heterocycles. The highest BCUT2D eigenvalue weighted by molar-refractivity contribution is 7.46. The highest BCUT2D eigenvalue weighted by atomic mass is 31.2. The molecule has 0 aromatic carbocycles. The topological polar surface area (TPSA) is 87.1 Å². The molecule has 0 aromatic rings. The van der Waals surface area contributed by atoms with Gasteiger partial charge in [0.2, 0.25) is 0 Å². The number of hydrogen-bond acceptors (Lipinski definition) is 4. The second-order valence-electron chi connectivity index (χ2n) is 1.95. The molecule has 0 aliphatic rings. The monoisotopic (exact) mass is 217 g/mol. The van der Waals surface area contributed by atoms with Crippen molar-refractivity contribution in [2.45, 2.75) is 6.92 Å². The zero-order valence-electron chi connectivity index (χ0n) is 7.17. The van der Waals surface area contributed by atoms with Crippen molar-refractivity contribution in [3.8, 4) is 0 Å². The van der Waals surface area contributed by atoms with Gasteiger partial charge in [-0.1, -0.05) is 6.92 Å². The third-order valence-electron chi connectivity index (χ3n) is 0.772. The molecule has 12 heavy (non-hydrogen) atoms. The van der Waals surface area contributed by atoms with Gasteiger partial charge in [0, 0.05) is 9.13 Å². The Hall–Kier alpha value is 0.0400. The summed E-state index contributed by atoms with van der Waals surface area (Å²) in [5, 5.41) is 0. The van der Waals surface area contributed by atoms with Gasteiger partial charge < -0.3 is 4.90 Å². The number of nitrogens with zero attached hydrogens (tertiary/aromatic N) is 1. The van der Waals surface area contributed by atoms with Crippen LogP contribution in [0.2, 0.25) is 0 Å². The van der Waals surface area contributed by atoms with Gasteiger partial charge in [0.05, 0.1) is 0 Å². The largest absolute Gasteiger partial charge is 0.745 e. The predicted molar refractivity (Wildman–Crippen MR) is 45.0 cm³/mol. The molecule has 0 aromatic heterocycles. The smallest absolute Gasteiger partial charge is 0.310 e. The quantitative estimate of drug-likeness (QED) is 0.682. The summed E-state index contributed by atoms with van der Waals surface area (Å²) in [6.45, 7) is 3.26. The standard InChI is InChI=1S/C4H11N.O5P2/c1-4-5(2)3;1-6(2)5-7(3)4/h4H2,1-3H3;/p+2. The second kappa shape index (κ2) is 9.13. The molecule has 0 amide bonds. The van der Waals surface area contributed by atoms with Crippen LogP contribution in [0, 0.1) is 0 Å². The fourth-order valence-corrected chi connectivity index (χ4v) is 0.538. The van der Waals surface area contributed by atoms with E-state index in [1.54, 1.807) is 0 Å². The SMILES string of the molecule is CCN(C)C.O=[P+](O)O[P+](=O)O. The van der Waals surface area contributed by atoms with E-state index in [9.17, 15) is 9.13 Å². The third kappa shape index (κ3) is 22.5. The first-order chi connectivity index (χ1) is 5.40. The fraction of sp³-hybridized carbons (Fsp3) is 1.00. The summed E-state index contributed by atoms with van der Waals surface area (Å²) in [6, 6.07) is 0. The molecule has 0 bridgehead atoms. The number of hydrogen-bond donors (Lipinski definition) is 2. The van der Waals surface area contributed by atoms with Crippen LogP contribution in [0.25, 0.3) is 0 Å². The summed E-state index contributed by atoms with van der Waals surface area (Å²) in [6.07, 6.45) is 0. The Morgan fingerprint density at radius 2 is 1.50 bits per heavy atom. The molecule has 2 unspecified atom stereocenters. The van der Waals surface area contributed by atoms with Crippen molar-refractivity contribution in [1.29, 1.82) is 0 Å². The third-order valence-corrected chi connectivity index (χ3v) is 1.89. The maximum Gasteiger partial charge on any atom is 0.745 e. The zero-order chi connectivity index (χ0) is 10.1. The number of rotatable bonds is 3. The summed E-state index contributed by atoms with van der Waals surface area (Å²) >= 11 is 0. The van der Waals surface area contributed by atoms with Crippen molar-refractivity contribution in [3.05, 3.63) is 0 Å². The van der Waals surface area contributed by atoms with Gasteiger partial charge in [0.25, 0.3) is 0 Å². The van der Waals surface area contributed by atoms with E-state index in [1.807, 2.05) is 0 Å². The van der Waals surface area contributed by atoms with E-state index < -0.39 is 16.5 Å². The average molecular weight is 217 g/mol. The molecule has 0 spiro atoms. The van der Waals surface area contributed by atoms with E-state index in [-0.39, 0.29) is 0 Å². The van der Waals surface area contributed by atoms with E-state index in [2.05, 4.69) is 30.2 Å². The van der Waals surface area contributed by atoms with Crippen molar-refractivity contribution < 1.29 is 23.2 Å². The predicted octanol–water partition coefficient (Wildman–Crippen LogP) is 0.870. The minimum atomic E-state index is -2.92. The van der Waals surface area contributed by atoms with Gasteiger partial charge in [-0.3, -0.25) is 0 Å². The molecule has 72 valence electrons. The lowest BCUT2D eigenvalue weighted by Crippen LogP contribution is -2.08. The van der Waals surface area contributed by atoms with E-state index in [4.69, 9.17) is 9.79 Å². The normalized spacial score (nSPS) is 11.8. The highest BCUT2D eigenvalue weighted by Crippen LogP contribution is 2.30. The Balaban J connectivity index is 0. The van der Waals surface area contributed by atoms with E-state index in [0.29, 0.717) is 0 Å². The maximum absolute atomic E-state index is 9.39. The molecule has 0 radical (unpaired) electrons. The van der Waals surface area contributed by atoms with Crippen LogP contribution >= 0.6 is 16.5 Å². The molecular weight excluding hydrogens is 204 g/mol. The van der Waals surface area contributed by atoms with Gasteiger partial charge in [-0.2, -0.15) is 0 Å². The van der Waals surface area contributed by atoms with Crippen molar-refractivity contribution in [2.75, 3.05) is 20.6 Å². The average Bonchev–Trinajstić information content (AvgIpc) is 1.85. The molecule has 0 aliphatic carbocycles. The highest BCUT2D eigenvalue weighted by Gasteiger charge is 2.31. The first kappa shape index (κ1) is 14.6. The van der Waals surface area contributed by atoms with Gasteiger partial charge in [-0.15, -0.1) is 9.79 Å². The van der Waals surface area contributed by atoms with Gasteiger partial charge in [0.15, 0.2) is 4.31 Å². The first-order valence-electron chi connectivity index (χ1n) is 3.05. The van der Waals surface area contributed by atoms with Gasteiger partial charge >= 0.3 is 16.5 Å². The molecule has 2 N–H and O–H groups in total. The van der Waals surface area contributed by atoms with E-state index in [0.717, 1.165) is 6.54 Å². The second-order valence-corrected chi connectivity index (χ2v) is 3.56. The summed E-state index contributed by atoms with van der Waals surface area (Å²) in [4.78, 5) is 17.5. The van der Waals surface area contributed by atoms with Crippen LogP contribution in [0.15, 0.2) is 0 Å². The minimum Gasteiger partial charge on any atom is -0.310 e. The Bertz CT molecular complexity index is 138. The zero-order valence-corrected chi connectivity index (χ0v) is 8.96. The molecule has 0 fully saturated rings. The minimum absolute atomic E-state index is 1.14. The van der Waals surface area contributed by atoms with Crippen LogP contribution in [-0.2, 0) is 13.4 Å². The molecule has 0 saturated heterocycles. The maximum atomic E-state index is 9.39. The Morgan fingerprint density at radius 1 is 1.25 bits per heavy atom. The summed E-state index contributed by atoms with van der Waals surface area (Å²) in [7, 11) is -1.74. The lowest BCUT2D eigenvalue weighted by molar-refractivity contribution is 0.371. The van der Waals surface area contributed by atoms with Crippen molar-refractivity contribution in [2.24, 2.45) is 0 Å². The van der Waals surface area contributed by atoms with Gasteiger partial charge in [-0.05, 0) is 20.6 Å². The first-order valence-corrected chi connectivity index (χ1v) is 5.31. The molecule has 8 heteroatoms. The molecule has 0 saturated carbocycles. The van der Waals surface area contributed by atoms with Crippen LogP contribution in [-0.4, -0.2) is 35.3 Å². The fourth-order valence-electron chi connectivity index (χ4n) is 0.0598. The Labute approximate surface area is 73.1 Å². The van der Waals surface area contributed by atoms with Crippen LogP contribution in [0.3, 0.4) is 0 Å². The Kier molecular flexibility index (Phi) is 11.1. The van der Waals surface area contributed by atoms with Crippen LogP contribution in [0.4, 0.5) is 0 Å². The summed E-state index contributed by atoms with van der Waals surface area (Å²) in [5.74, 6) is 0. The lowest BCUT2D eigenvalue weighted by Gasteiger charge is -2.00. The molecule has 2 atom stereocenters. The Morgan fingerprint density at radius 3 is 1.50 bits per heavy atom. The van der Waals surface area contributed by atoms with Crippen LogP contribution in [0.1, 0.15) is 6.92 Å². The van der Waals surface area contributed by atoms with Gasteiger partial charge in [0.1, 0.15) is 0 Å². The molecule has 0 heterocycles. The van der Waals surface area contributed by atoms with E-state index in [1.165, 1.54) is 0 Å². The van der Waals surface area contributed by atoms with Crippen molar-refractivity contribution in [3.63, 3.8) is 0 Å². The lowest BCUT2D eigenvalue weighted by atomic mass is 10.7. The van der Waals surface area contributed by atoms with Crippen molar-refractivity contribution >= 4 is 16.5 Å². The van der Waals surface area contributed by atoms with Crippen LogP contribution < -0.4 is 0 Å². The molecule has 6 nitrogen and oxygen atoms in total. The van der Waals surface area contributed by atoms with E-state index >= 15 is 0 Å². The molecular formula is C4H13NO5P2+2. The summed E-state index contributed by atoms with van der Waals surface area (Å²) in [5.41, 5.74) is 0. The summed E-state index contributed by atoms with van der Waals surface area (Å²) < 4.78 is 22.2. The van der Waals surface area contributed by atoms with Crippen molar-refractivity contribution in [1.82, 2.24) is 4.90 Å².